The number of fused-ring (bicyclic) bond motifs is 2. The number of hydrogen-bond acceptors (Lipinski definition) is 1. The van der Waals surface area contributed by atoms with Gasteiger partial charge < -0.3 is 5.32 Å². The second kappa shape index (κ2) is 9.16. The maximum Gasteiger partial charge on any atom is 0.0407 e. The van der Waals surface area contributed by atoms with Gasteiger partial charge in [0.05, 0.1) is 0 Å². The van der Waals surface area contributed by atoms with Crippen LogP contribution in [0.4, 0.5) is 5.69 Å². The highest BCUT2D eigenvalue weighted by atomic mass is 14.9. The highest BCUT2D eigenvalue weighted by Gasteiger charge is 2.31. The third kappa shape index (κ3) is 3.92. The largest absolute Gasteiger partial charge is 0.382 e. The molecule has 1 nitrogen and oxygen atoms in total. The van der Waals surface area contributed by atoms with Gasteiger partial charge in [-0.3, -0.25) is 0 Å². The first-order valence-corrected chi connectivity index (χ1v) is 13.8. The zero-order valence-corrected chi connectivity index (χ0v) is 23.2. The Balaban J connectivity index is 1.54. The quantitative estimate of drug-likeness (QED) is 0.406. The zero-order valence-electron chi connectivity index (χ0n) is 23.2. The monoisotopic (exact) mass is 465 g/mol. The van der Waals surface area contributed by atoms with Crippen LogP contribution >= 0.6 is 0 Å². The molecular weight excluding hydrogens is 422 g/mol. The van der Waals surface area contributed by atoms with Crippen LogP contribution in [0.5, 0.6) is 0 Å². The summed E-state index contributed by atoms with van der Waals surface area (Å²) in [6.07, 6.45) is 6.21. The molecule has 0 aromatic heterocycles. The third-order valence-electron chi connectivity index (χ3n) is 9.54. The fraction of sp³-hybridized carbons (Fsp3) is 0.471. The summed E-state index contributed by atoms with van der Waals surface area (Å²) in [4.78, 5) is 0. The molecule has 1 N–H and O–H groups in total. The summed E-state index contributed by atoms with van der Waals surface area (Å²) in [5, 5.41) is 4.11. The van der Waals surface area contributed by atoms with Gasteiger partial charge in [-0.25, -0.2) is 0 Å². The van der Waals surface area contributed by atoms with Crippen molar-refractivity contribution in [1.82, 2.24) is 0 Å². The minimum absolute atomic E-state index is 0.480. The van der Waals surface area contributed by atoms with Gasteiger partial charge in [0.25, 0.3) is 0 Å². The number of anilines is 1. The van der Waals surface area contributed by atoms with Crippen molar-refractivity contribution in [3.63, 3.8) is 0 Å². The van der Waals surface area contributed by atoms with Crippen LogP contribution in [0.15, 0.2) is 30.3 Å². The van der Waals surface area contributed by atoms with Gasteiger partial charge in [-0.05, 0) is 152 Å². The molecule has 1 heteroatoms. The second-order valence-electron chi connectivity index (χ2n) is 11.6. The maximum absolute atomic E-state index is 4.11. The molecule has 35 heavy (non-hydrogen) atoms. The average molecular weight is 466 g/mol. The van der Waals surface area contributed by atoms with Gasteiger partial charge in [0.1, 0.15) is 0 Å². The Bertz CT molecular complexity index is 1280. The van der Waals surface area contributed by atoms with Crippen LogP contribution in [0.25, 0.3) is 11.1 Å². The molecule has 0 spiro atoms. The van der Waals surface area contributed by atoms with Crippen LogP contribution in [0.1, 0.15) is 101 Å². The molecule has 3 aromatic carbocycles. The Kier molecular flexibility index (Phi) is 6.32. The highest BCUT2D eigenvalue weighted by Crippen LogP contribution is 2.45. The van der Waals surface area contributed by atoms with E-state index in [4.69, 9.17) is 0 Å². The molecule has 0 saturated carbocycles. The molecule has 184 valence electrons. The summed E-state index contributed by atoms with van der Waals surface area (Å²) < 4.78 is 0. The molecule has 5 rings (SSSR count). The van der Waals surface area contributed by atoms with Crippen LogP contribution in [0.3, 0.4) is 0 Å². The fourth-order valence-electron chi connectivity index (χ4n) is 7.60. The van der Waals surface area contributed by atoms with Crippen LogP contribution in [-0.4, -0.2) is 6.04 Å². The summed E-state index contributed by atoms with van der Waals surface area (Å²) in [5.74, 6) is 1.25. The van der Waals surface area contributed by atoms with Crippen molar-refractivity contribution < 1.29 is 0 Å². The lowest BCUT2D eigenvalue weighted by Crippen LogP contribution is -2.31. The number of nitrogens with one attached hydrogen (secondary N) is 1. The predicted octanol–water partition coefficient (Wildman–Crippen LogP) is 9.17. The number of benzene rings is 3. The van der Waals surface area contributed by atoms with E-state index >= 15 is 0 Å². The first kappa shape index (κ1) is 24.2. The minimum Gasteiger partial charge on any atom is -0.382 e. The van der Waals surface area contributed by atoms with Crippen LogP contribution in [0.2, 0.25) is 0 Å². The Morgan fingerprint density at radius 2 is 1.37 bits per heavy atom. The van der Waals surface area contributed by atoms with Gasteiger partial charge in [0, 0.05) is 11.7 Å². The van der Waals surface area contributed by atoms with Crippen molar-refractivity contribution in [2.24, 2.45) is 0 Å². The van der Waals surface area contributed by atoms with Crippen LogP contribution in [-0.2, 0) is 12.8 Å². The molecule has 0 heterocycles. The average Bonchev–Trinajstić information content (AvgIpc) is 2.84. The first-order chi connectivity index (χ1) is 16.7. The van der Waals surface area contributed by atoms with Gasteiger partial charge in [-0.1, -0.05) is 44.2 Å². The molecule has 3 atom stereocenters. The third-order valence-corrected chi connectivity index (χ3v) is 9.54. The van der Waals surface area contributed by atoms with Gasteiger partial charge in [-0.2, -0.15) is 0 Å². The standard InChI is InChI=1S/C34H43N/c1-19-13-12-16-29-25(7)34(24(6)23(5)31(19)29)35-28-17-20(2)32-26(8)33(27-14-10-9-11-15-27)22(4)21(3)30(32)18-28/h9-11,14-15,19-20,28,35H,12-13,16-18H2,1-8H3. The summed E-state index contributed by atoms with van der Waals surface area (Å²) in [6.45, 7) is 19.0. The lowest BCUT2D eigenvalue weighted by Gasteiger charge is -2.37. The SMILES string of the molecule is Cc1c(C)c(-c2ccccc2)c(C)c2c1CC(Nc1c(C)c(C)c3c(c1C)CCCC3C)CC2C. The molecule has 0 amide bonds. The Labute approximate surface area is 213 Å². The molecule has 3 aromatic rings. The Hall–Kier alpha value is -2.54. The molecule has 0 radical (unpaired) electrons. The van der Waals surface area contributed by atoms with E-state index in [2.05, 4.69) is 91.0 Å². The molecule has 2 aliphatic carbocycles. The number of hydrogen-bond donors (Lipinski definition) is 1. The lowest BCUT2D eigenvalue weighted by atomic mass is 9.73. The molecular formula is C34H43N. The van der Waals surface area contributed by atoms with Crippen LogP contribution in [0, 0.1) is 41.5 Å². The first-order valence-electron chi connectivity index (χ1n) is 13.8. The van der Waals surface area contributed by atoms with E-state index in [0.717, 1.165) is 6.42 Å². The van der Waals surface area contributed by atoms with E-state index in [1.54, 1.807) is 22.3 Å². The summed E-state index contributed by atoms with van der Waals surface area (Å²) in [5.41, 5.74) is 19.6. The van der Waals surface area contributed by atoms with Crippen molar-refractivity contribution in [2.45, 2.75) is 105 Å². The van der Waals surface area contributed by atoms with Crippen molar-refractivity contribution >= 4 is 5.69 Å². The van der Waals surface area contributed by atoms with E-state index in [0.29, 0.717) is 17.9 Å². The minimum atomic E-state index is 0.480. The van der Waals surface area contributed by atoms with Gasteiger partial charge in [0.15, 0.2) is 0 Å². The summed E-state index contributed by atoms with van der Waals surface area (Å²) in [7, 11) is 0. The van der Waals surface area contributed by atoms with Gasteiger partial charge in [-0.15, -0.1) is 0 Å². The molecule has 0 saturated heterocycles. The van der Waals surface area contributed by atoms with Crippen molar-refractivity contribution in [1.29, 1.82) is 0 Å². The topological polar surface area (TPSA) is 12.0 Å². The second-order valence-corrected chi connectivity index (χ2v) is 11.6. The molecule has 2 aliphatic rings. The van der Waals surface area contributed by atoms with Gasteiger partial charge >= 0.3 is 0 Å². The molecule has 0 bridgehead atoms. The van der Waals surface area contributed by atoms with E-state index < -0.39 is 0 Å². The number of rotatable bonds is 3. The van der Waals surface area contributed by atoms with E-state index in [-0.39, 0.29) is 0 Å². The lowest BCUT2D eigenvalue weighted by molar-refractivity contribution is 0.533. The van der Waals surface area contributed by atoms with E-state index in [1.807, 2.05) is 0 Å². The maximum atomic E-state index is 4.11. The van der Waals surface area contributed by atoms with E-state index in [1.165, 1.54) is 75.9 Å². The normalized spacial score (nSPS) is 21.4. The predicted molar refractivity (Wildman–Crippen MR) is 152 cm³/mol. The molecule has 0 fully saturated rings. The van der Waals surface area contributed by atoms with Gasteiger partial charge in [0.2, 0.25) is 0 Å². The van der Waals surface area contributed by atoms with Crippen molar-refractivity contribution in [2.75, 3.05) is 5.32 Å². The van der Waals surface area contributed by atoms with Crippen LogP contribution < -0.4 is 5.32 Å². The fourth-order valence-corrected chi connectivity index (χ4v) is 7.60. The summed E-state index contributed by atoms with van der Waals surface area (Å²) >= 11 is 0. The zero-order chi connectivity index (χ0) is 25.0. The Morgan fingerprint density at radius 1 is 0.686 bits per heavy atom. The highest BCUT2D eigenvalue weighted by molar-refractivity contribution is 5.75. The van der Waals surface area contributed by atoms with Crippen molar-refractivity contribution in [3.8, 4) is 11.1 Å². The summed E-state index contributed by atoms with van der Waals surface area (Å²) in [6, 6.07) is 11.5. The molecule has 3 unspecified atom stereocenters. The molecule has 0 aliphatic heterocycles. The Morgan fingerprint density at radius 3 is 2.09 bits per heavy atom. The van der Waals surface area contributed by atoms with E-state index in [9.17, 15) is 0 Å². The van der Waals surface area contributed by atoms with Crippen molar-refractivity contribution in [3.05, 3.63) is 86.0 Å². The smallest absolute Gasteiger partial charge is 0.0407 e.